The molecule has 8 nitrogen and oxygen atoms in total. The molecule has 3 rings (SSSR count). The molecule has 0 aliphatic heterocycles. The third kappa shape index (κ3) is 2.50. The van der Waals surface area contributed by atoms with Gasteiger partial charge in [-0.05, 0) is 12.1 Å². The third-order valence-electron chi connectivity index (χ3n) is 2.92. The summed E-state index contributed by atoms with van der Waals surface area (Å²) in [6.07, 6.45) is 1.47. The standard InChI is InChI=1S/C13H12N6O2/c1-21-13(20)10-6-19(18-17-10)7-11-15-9-5-3-2-4-8(9)12(14)16-11/h2-6H,7H2,1H3,(H2,14,15,16). The predicted molar refractivity (Wildman–Crippen MR) is 74.4 cm³/mol. The maximum atomic E-state index is 11.3. The summed E-state index contributed by atoms with van der Waals surface area (Å²) in [6, 6.07) is 7.47. The number of hydrogen-bond donors (Lipinski definition) is 1. The second-order valence-corrected chi connectivity index (χ2v) is 4.34. The first-order valence-corrected chi connectivity index (χ1v) is 6.17. The summed E-state index contributed by atoms with van der Waals surface area (Å²) in [5.41, 5.74) is 6.80. The van der Waals surface area contributed by atoms with E-state index >= 15 is 0 Å². The number of ether oxygens (including phenoxy) is 1. The number of carbonyl (C=O) groups is 1. The van der Waals surface area contributed by atoms with Crippen molar-refractivity contribution in [3.05, 3.63) is 42.0 Å². The molecular formula is C13H12N6O2. The molecule has 3 aromatic rings. The van der Waals surface area contributed by atoms with Crippen LogP contribution < -0.4 is 5.73 Å². The number of hydrogen-bond acceptors (Lipinski definition) is 7. The summed E-state index contributed by atoms with van der Waals surface area (Å²) >= 11 is 0. The molecule has 21 heavy (non-hydrogen) atoms. The Bertz CT molecular complexity index is 813. The monoisotopic (exact) mass is 284 g/mol. The van der Waals surface area contributed by atoms with Gasteiger partial charge in [-0.1, -0.05) is 17.3 Å². The smallest absolute Gasteiger partial charge is 0.360 e. The van der Waals surface area contributed by atoms with Crippen molar-refractivity contribution in [1.29, 1.82) is 0 Å². The minimum Gasteiger partial charge on any atom is -0.464 e. The van der Waals surface area contributed by atoms with Crippen molar-refractivity contribution in [1.82, 2.24) is 25.0 Å². The first-order valence-electron chi connectivity index (χ1n) is 6.17. The number of nitrogens with zero attached hydrogens (tertiary/aromatic N) is 5. The fourth-order valence-electron chi connectivity index (χ4n) is 1.94. The molecular weight excluding hydrogens is 272 g/mol. The Morgan fingerprint density at radius 1 is 1.33 bits per heavy atom. The highest BCUT2D eigenvalue weighted by molar-refractivity contribution is 5.88. The summed E-state index contributed by atoms with van der Waals surface area (Å²) in [4.78, 5) is 20.0. The molecule has 8 heteroatoms. The predicted octanol–water partition coefficient (Wildman–Crippen LogP) is 0.638. The van der Waals surface area contributed by atoms with Crippen LogP contribution in [-0.4, -0.2) is 38.0 Å². The van der Waals surface area contributed by atoms with Crippen molar-refractivity contribution in [2.75, 3.05) is 12.8 Å². The number of nitrogens with two attached hydrogens (primary N) is 1. The van der Waals surface area contributed by atoms with E-state index in [1.54, 1.807) is 0 Å². The number of rotatable bonds is 3. The number of nitrogen functional groups attached to an aromatic ring is 1. The molecule has 0 bridgehead atoms. The molecule has 0 saturated heterocycles. The maximum absolute atomic E-state index is 11.3. The van der Waals surface area contributed by atoms with Crippen molar-refractivity contribution in [3.63, 3.8) is 0 Å². The Labute approximate surface area is 119 Å². The number of para-hydroxylation sites is 1. The highest BCUT2D eigenvalue weighted by Gasteiger charge is 2.12. The van der Waals surface area contributed by atoms with E-state index in [1.165, 1.54) is 18.0 Å². The van der Waals surface area contributed by atoms with E-state index in [9.17, 15) is 4.79 Å². The lowest BCUT2D eigenvalue weighted by Crippen LogP contribution is -2.07. The fraction of sp³-hybridized carbons (Fsp3) is 0.154. The Kier molecular flexibility index (Phi) is 3.19. The van der Waals surface area contributed by atoms with Crippen LogP contribution in [0.15, 0.2) is 30.5 Å². The van der Waals surface area contributed by atoms with Crippen molar-refractivity contribution < 1.29 is 9.53 Å². The van der Waals surface area contributed by atoms with E-state index in [0.29, 0.717) is 11.6 Å². The van der Waals surface area contributed by atoms with Gasteiger partial charge in [-0.3, -0.25) is 0 Å². The number of fused-ring (bicyclic) bond motifs is 1. The van der Waals surface area contributed by atoms with Crippen LogP contribution in [0.1, 0.15) is 16.3 Å². The molecule has 0 atom stereocenters. The Morgan fingerprint density at radius 2 is 2.14 bits per heavy atom. The highest BCUT2D eigenvalue weighted by Crippen LogP contribution is 2.17. The lowest BCUT2D eigenvalue weighted by atomic mass is 10.2. The van der Waals surface area contributed by atoms with Crippen LogP contribution in [0.5, 0.6) is 0 Å². The lowest BCUT2D eigenvalue weighted by molar-refractivity contribution is 0.0594. The number of anilines is 1. The van der Waals surface area contributed by atoms with Gasteiger partial charge < -0.3 is 10.5 Å². The van der Waals surface area contributed by atoms with Crippen LogP contribution in [0, 0.1) is 0 Å². The minimum absolute atomic E-state index is 0.131. The molecule has 0 aliphatic carbocycles. The molecule has 0 saturated carbocycles. The van der Waals surface area contributed by atoms with E-state index in [-0.39, 0.29) is 12.2 Å². The maximum Gasteiger partial charge on any atom is 0.360 e. The normalized spacial score (nSPS) is 10.7. The summed E-state index contributed by atoms with van der Waals surface area (Å²) < 4.78 is 6.02. The van der Waals surface area contributed by atoms with Gasteiger partial charge in [0.25, 0.3) is 0 Å². The second-order valence-electron chi connectivity index (χ2n) is 4.34. The molecule has 0 radical (unpaired) electrons. The largest absolute Gasteiger partial charge is 0.464 e. The minimum atomic E-state index is -0.541. The van der Waals surface area contributed by atoms with E-state index < -0.39 is 5.97 Å². The topological polar surface area (TPSA) is 109 Å². The zero-order valence-corrected chi connectivity index (χ0v) is 11.2. The molecule has 2 N–H and O–H groups in total. The van der Waals surface area contributed by atoms with Gasteiger partial charge in [0.05, 0.1) is 18.8 Å². The van der Waals surface area contributed by atoms with Crippen LogP contribution in [0.2, 0.25) is 0 Å². The second kappa shape index (κ2) is 5.16. The average molecular weight is 284 g/mol. The summed E-state index contributed by atoms with van der Waals surface area (Å²) in [5.74, 6) is 0.358. The van der Waals surface area contributed by atoms with E-state index in [2.05, 4.69) is 25.0 Å². The quantitative estimate of drug-likeness (QED) is 0.703. The molecule has 106 valence electrons. The lowest BCUT2D eigenvalue weighted by Gasteiger charge is -2.04. The third-order valence-corrected chi connectivity index (χ3v) is 2.92. The number of benzene rings is 1. The van der Waals surface area contributed by atoms with Crippen LogP contribution in [0.25, 0.3) is 10.9 Å². The van der Waals surface area contributed by atoms with Gasteiger partial charge in [-0.2, -0.15) is 0 Å². The highest BCUT2D eigenvalue weighted by atomic mass is 16.5. The fourth-order valence-corrected chi connectivity index (χ4v) is 1.94. The molecule has 0 unspecified atom stereocenters. The molecule has 1 aromatic carbocycles. The number of esters is 1. The van der Waals surface area contributed by atoms with E-state index in [4.69, 9.17) is 5.73 Å². The summed E-state index contributed by atoms with van der Waals surface area (Å²) in [5, 5.41) is 8.36. The number of carbonyl (C=O) groups excluding carboxylic acids is 1. The Hall–Kier alpha value is -3.03. The Morgan fingerprint density at radius 3 is 2.95 bits per heavy atom. The van der Waals surface area contributed by atoms with Gasteiger partial charge in [0.15, 0.2) is 11.5 Å². The van der Waals surface area contributed by atoms with Crippen molar-refractivity contribution >= 4 is 22.7 Å². The van der Waals surface area contributed by atoms with Gasteiger partial charge in [-0.25, -0.2) is 19.4 Å². The zero-order valence-electron chi connectivity index (χ0n) is 11.2. The van der Waals surface area contributed by atoms with Crippen LogP contribution in [0.3, 0.4) is 0 Å². The molecule has 0 aliphatic rings. The number of methoxy groups -OCH3 is 1. The summed E-state index contributed by atoms with van der Waals surface area (Å²) in [6.45, 7) is 0.263. The van der Waals surface area contributed by atoms with Crippen LogP contribution >= 0.6 is 0 Å². The van der Waals surface area contributed by atoms with Crippen molar-refractivity contribution in [2.45, 2.75) is 6.54 Å². The molecule has 0 fully saturated rings. The number of aromatic nitrogens is 5. The van der Waals surface area contributed by atoms with Gasteiger partial charge >= 0.3 is 5.97 Å². The Balaban J connectivity index is 1.91. The van der Waals surface area contributed by atoms with Gasteiger partial charge in [0.1, 0.15) is 12.4 Å². The summed E-state index contributed by atoms with van der Waals surface area (Å²) in [7, 11) is 1.29. The molecule has 0 amide bonds. The van der Waals surface area contributed by atoms with Gasteiger partial charge in [0.2, 0.25) is 0 Å². The first kappa shape index (κ1) is 13.0. The van der Waals surface area contributed by atoms with Gasteiger partial charge in [0, 0.05) is 5.39 Å². The SMILES string of the molecule is COC(=O)c1cn(Cc2nc(N)c3ccccc3n2)nn1. The van der Waals surface area contributed by atoms with Gasteiger partial charge in [-0.15, -0.1) is 5.10 Å². The molecule has 2 aromatic heterocycles. The van der Waals surface area contributed by atoms with E-state index in [1.807, 2.05) is 24.3 Å². The average Bonchev–Trinajstić information content (AvgIpc) is 2.95. The van der Waals surface area contributed by atoms with Crippen LogP contribution in [-0.2, 0) is 11.3 Å². The van der Waals surface area contributed by atoms with Crippen molar-refractivity contribution in [2.24, 2.45) is 0 Å². The van der Waals surface area contributed by atoms with Crippen LogP contribution in [0.4, 0.5) is 5.82 Å². The van der Waals surface area contributed by atoms with Crippen molar-refractivity contribution in [3.8, 4) is 0 Å². The zero-order chi connectivity index (χ0) is 14.8. The first-order chi connectivity index (χ1) is 10.2. The molecule has 2 heterocycles. The van der Waals surface area contributed by atoms with E-state index in [0.717, 1.165) is 10.9 Å². The molecule has 0 spiro atoms.